The molecular weight excluding hydrogens is 358 g/mol. The Morgan fingerprint density at radius 2 is 1.85 bits per heavy atom. The number of hydrogen-bond donors (Lipinski definition) is 1. The first kappa shape index (κ1) is 19.5. The van der Waals surface area contributed by atoms with Gasteiger partial charge in [-0.1, -0.05) is 12.1 Å². The maximum atomic E-state index is 11.8. The summed E-state index contributed by atoms with van der Waals surface area (Å²) in [6, 6.07) is 9.13. The number of hydrazone groups is 1. The minimum atomic E-state index is -0.839. The molecule has 0 spiro atoms. The summed E-state index contributed by atoms with van der Waals surface area (Å²) in [7, 11) is 2.70. The van der Waals surface area contributed by atoms with Gasteiger partial charge < -0.3 is 19.3 Å². The van der Waals surface area contributed by atoms with Crippen LogP contribution in [0.4, 0.5) is 5.69 Å². The Morgan fingerprint density at radius 3 is 2.48 bits per heavy atom. The highest BCUT2D eigenvalue weighted by molar-refractivity contribution is 5.85. The van der Waals surface area contributed by atoms with Crippen molar-refractivity contribution in [2.75, 3.05) is 20.8 Å². The highest BCUT2D eigenvalue weighted by atomic mass is 16.6. The van der Waals surface area contributed by atoms with E-state index in [-0.39, 0.29) is 17.9 Å². The summed E-state index contributed by atoms with van der Waals surface area (Å²) in [5.41, 5.74) is 1.78. The predicted octanol–water partition coefficient (Wildman–Crippen LogP) is 1.21. The van der Waals surface area contributed by atoms with Crippen LogP contribution in [0.15, 0.2) is 41.5 Å². The van der Waals surface area contributed by atoms with E-state index in [0.717, 1.165) is 12.3 Å². The molecule has 142 valence electrons. The van der Waals surface area contributed by atoms with E-state index < -0.39 is 22.3 Å². The van der Waals surface area contributed by atoms with E-state index >= 15 is 0 Å². The number of para-hydroxylation sites is 2. The molecule has 0 saturated carbocycles. The Morgan fingerprint density at radius 1 is 1.19 bits per heavy atom. The van der Waals surface area contributed by atoms with Crippen LogP contribution in [0, 0.1) is 10.1 Å². The van der Waals surface area contributed by atoms with E-state index in [1.165, 1.54) is 20.3 Å². The third-order valence-corrected chi connectivity index (χ3v) is 3.30. The topological polar surface area (TPSA) is 135 Å². The van der Waals surface area contributed by atoms with Gasteiger partial charge in [-0.05, 0) is 18.2 Å². The molecule has 0 bridgehead atoms. The number of carbonyl (C=O) groups excluding carboxylic acids is 1. The predicted molar refractivity (Wildman–Crippen MR) is 93.3 cm³/mol. The second-order valence-electron chi connectivity index (χ2n) is 5.06. The maximum Gasteiger partial charge on any atom is 0.277 e. The van der Waals surface area contributed by atoms with Crippen LogP contribution in [0.25, 0.3) is 0 Å². The number of nitro groups is 1. The van der Waals surface area contributed by atoms with E-state index in [4.69, 9.17) is 14.2 Å². The fourth-order valence-electron chi connectivity index (χ4n) is 2.06. The van der Waals surface area contributed by atoms with Crippen LogP contribution in [-0.2, 0) is 4.79 Å². The lowest BCUT2D eigenvalue weighted by atomic mass is 10.2. The third kappa shape index (κ3) is 5.08. The Balaban J connectivity index is 1.99. The van der Waals surface area contributed by atoms with Crippen molar-refractivity contribution >= 4 is 17.8 Å². The number of hydrogen-bond acceptors (Lipinski definition) is 8. The zero-order chi connectivity index (χ0) is 19.8. The molecule has 27 heavy (non-hydrogen) atoms. The number of ether oxygens (including phenoxy) is 3. The molecule has 1 N–H and O–H groups in total. The summed E-state index contributed by atoms with van der Waals surface area (Å²) in [6.45, 7) is -0.319. The maximum absolute atomic E-state index is 11.8. The molecule has 2 aromatic carbocycles. The molecular formula is C17H16N3O7-. The number of nitrogens with zero attached hydrogens (tertiary/aromatic N) is 2. The number of rotatable bonds is 8. The Hall–Kier alpha value is -3.82. The number of benzene rings is 2. The zero-order valence-corrected chi connectivity index (χ0v) is 14.5. The van der Waals surface area contributed by atoms with Crippen molar-refractivity contribution in [3.05, 3.63) is 52.1 Å². The first-order valence-corrected chi connectivity index (χ1v) is 7.57. The molecule has 0 aromatic heterocycles. The van der Waals surface area contributed by atoms with Crippen LogP contribution in [0.1, 0.15) is 5.56 Å². The molecule has 0 fully saturated rings. The van der Waals surface area contributed by atoms with Crippen molar-refractivity contribution in [1.82, 2.24) is 5.43 Å². The van der Waals surface area contributed by atoms with Crippen molar-refractivity contribution < 1.29 is 29.0 Å². The highest BCUT2D eigenvalue weighted by Crippen LogP contribution is 2.33. The van der Waals surface area contributed by atoms with Crippen LogP contribution in [0.2, 0.25) is 0 Å². The lowest BCUT2D eigenvalue weighted by Gasteiger charge is -2.13. The summed E-state index contributed by atoms with van der Waals surface area (Å²) in [6.07, 6.45) is 1.15. The quantitative estimate of drug-likeness (QED) is 0.417. The number of nitrogens with one attached hydrogen (secondary N) is 1. The van der Waals surface area contributed by atoms with Gasteiger partial charge in [0.15, 0.2) is 18.1 Å². The smallest absolute Gasteiger partial charge is 0.277 e. The van der Waals surface area contributed by atoms with E-state index in [9.17, 15) is 20.0 Å². The van der Waals surface area contributed by atoms with E-state index in [1.54, 1.807) is 24.3 Å². The van der Waals surface area contributed by atoms with Crippen molar-refractivity contribution in [3.63, 3.8) is 0 Å². The average molecular weight is 374 g/mol. The van der Waals surface area contributed by atoms with Crippen LogP contribution in [0.5, 0.6) is 23.0 Å². The molecule has 0 unspecified atom stereocenters. The minimum absolute atomic E-state index is 0.198. The molecule has 0 aliphatic heterocycles. The van der Waals surface area contributed by atoms with Crippen LogP contribution < -0.4 is 24.7 Å². The van der Waals surface area contributed by atoms with Gasteiger partial charge in [0, 0.05) is 17.4 Å². The van der Waals surface area contributed by atoms with Gasteiger partial charge in [0.25, 0.3) is 11.6 Å². The van der Waals surface area contributed by atoms with Crippen molar-refractivity contribution in [1.29, 1.82) is 0 Å². The van der Waals surface area contributed by atoms with Gasteiger partial charge in [0.05, 0.1) is 25.4 Å². The first-order valence-electron chi connectivity index (χ1n) is 7.57. The summed E-state index contributed by atoms with van der Waals surface area (Å²) < 4.78 is 15.2. The van der Waals surface area contributed by atoms with Crippen molar-refractivity contribution in [3.8, 4) is 23.0 Å². The van der Waals surface area contributed by atoms with Crippen molar-refractivity contribution in [2.24, 2.45) is 5.10 Å². The molecule has 0 saturated heterocycles. The number of methoxy groups -OCH3 is 2. The molecule has 2 aromatic rings. The summed E-state index contributed by atoms with van der Waals surface area (Å²) in [5.74, 6) is -0.721. The second kappa shape index (κ2) is 9.04. The Bertz CT molecular complexity index is 868. The van der Waals surface area contributed by atoms with Crippen LogP contribution >= 0.6 is 0 Å². The fourth-order valence-corrected chi connectivity index (χ4v) is 2.06. The molecule has 0 aliphatic rings. The van der Waals surface area contributed by atoms with Crippen LogP contribution in [0.3, 0.4) is 0 Å². The summed E-state index contributed by atoms with van der Waals surface area (Å²) >= 11 is 0. The lowest BCUT2D eigenvalue weighted by Crippen LogP contribution is -2.24. The Labute approximate surface area is 154 Å². The zero-order valence-electron chi connectivity index (χ0n) is 14.5. The molecule has 0 aliphatic carbocycles. The minimum Gasteiger partial charge on any atom is -0.865 e. The van der Waals surface area contributed by atoms with Gasteiger partial charge in [-0.2, -0.15) is 5.10 Å². The molecule has 10 heteroatoms. The SMILES string of the molecule is COc1ccccc1OCC(=O)N/N=C\c1cc(OC)c([O-])c([N+](=O)[O-])c1. The van der Waals surface area contributed by atoms with Gasteiger partial charge in [0.1, 0.15) is 5.75 Å². The van der Waals surface area contributed by atoms with Gasteiger partial charge in [0.2, 0.25) is 0 Å². The van der Waals surface area contributed by atoms with Gasteiger partial charge >= 0.3 is 0 Å². The number of carbonyl (C=O) groups is 1. The molecule has 0 radical (unpaired) electrons. The van der Waals surface area contributed by atoms with Gasteiger partial charge in [-0.25, -0.2) is 5.43 Å². The van der Waals surface area contributed by atoms with Gasteiger partial charge in [-0.3, -0.25) is 14.9 Å². The number of nitro benzene ring substituents is 1. The van der Waals surface area contributed by atoms with E-state index in [1.807, 2.05) is 0 Å². The van der Waals surface area contributed by atoms with Gasteiger partial charge in [-0.15, -0.1) is 0 Å². The number of amides is 1. The largest absolute Gasteiger partial charge is 0.865 e. The fraction of sp³-hybridized carbons (Fsp3) is 0.176. The molecule has 0 atom stereocenters. The molecule has 2 rings (SSSR count). The normalized spacial score (nSPS) is 10.4. The highest BCUT2D eigenvalue weighted by Gasteiger charge is 2.13. The molecule has 10 nitrogen and oxygen atoms in total. The average Bonchev–Trinajstić information content (AvgIpc) is 2.67. The molecule has 0 heterocycles. The Kier molecular flexibility index (Phi) is 6.53. The van der Waals surface area contributed by atoms with Crippen LogP contribution in [-0.4, -0.2) is 37.9 Å². The van der Waals surface area contributed by atoms with Crippen molar-refractivity contribution in [2.45, 2.75) is 0 Å². The third-order valence-electron chi connectivity index (χ3n) is 3.30. The van der Waals surface area contributed by atoms with E-state index in [0.29, 0.717) is 11.5 Å². The standard InChI is InChI=1S/C17H17N3O7/c1-25-13-5-3-4-6-14(13)27-10-16(21)19-18-9-11-7-12(20(23)24)17(22)15(8-11)26-2/h3-9,22H,10H2,1-2H3,(H,19,21)/p-1/b18-9-. The lowest BCUT2D eigenvalue weighted by molar-refractivity contribution is -0.398. The monoisotopic (exact) mass is 374 g/mol. The summed E-state index contributed by atoms with van der Waals surface area (Å²) in [5, 5.41) is 26.3. The second-order valence-corrected chi connectivity index (χ2v) is 5.06. The molecule has 1 amide bonds. The van der Waals surface area contributed by atoms with E-state index in [2.05, 4.69) is 10.5 Å². The first-order chi connectivity index (χ1) is 13.0. The summed E-state index contributed by atoms with van der Waals surface area (Å²) in [4.78, 5) is 21.9.